The van der Waals surface area contributed by atoms with Crippen molar-refractivity contribution < 1.29 is 37.0 Å². The van der Waals surface area contributed by atoms with Crippen molar-refractivity contribution in [1.82, 2.24) is 4.90 Å². The maximum atomic E-state index is 12.9. The highest BCUT2D eigenvalue weighted by molar-refractivity contribution is 7.89. The van der Waals surface area contributed by atoms with Crippen molar-refractivity contribution in [2.45, 2.75) is 31.3 Å². The van der Waals surface area contributed by atoms with Gasteiger partial charge in [-0.2, -0.15) is 0 Å². The highest BCUT2D eigenvalue weighted by atomic mass is 32.2. The lowest BCUT2D eigenvalue weighted by Gasteiger charge is -2.18. The number of carbonyl (C=O) groups excluding carboxylic acids is 3. The van der Waals surface area contributed by atoms with Gasteiger partial charge in [0.1, 0.15) is 23.8 Å². The number of nitrogens with one attached hydrogen (secondary N) is 1. The zero-order chi connectivity index (χ0) is 29.8. The second kappa shape index (κ2) is 14.8. The van der Waals surface area contributed by atoms with Crippen molar-refractivity contribution in [1.29, 1.82) is 0 Å². The Labute approximate surface area is 239 Å². The summed E-state index contributed by atoms with van der Waals surface area (Å²) in [7, 11) is -2.98. The molecule has 218 valence electrons. The van der Waals surface area contributed by atoms with Crippen LogP contribution in [-0.2, 0) is 35.7 Å². The number of ether oxygens (including phenoxy) is 3. The molecule has 0 aliphatic rings. The van der Waals surface area contributed by atoms with E-state index in [9.17, 15) is 22.8 Å². The van der Waals surface area contributed by atoms with Crippen molar-refractivity contribution >= 4 is 33.6 Å². The van der Waals surface area contributed by atoms with Gasteiger partial charge in [0.2, 0.25) is 10.0 Å². The summed E-state index contributed by atoms with van der Waals surface area (Å²) in [5.41, 5.74) is 0.850. The Morgan fingerprint density at radius 2 is 1.61 bits per heavy atom. The average molecular weight is 584 g/mol. The van der Waals surface area contributed by atoms with E-state index in [-0.39, 0.29) is 30.2 Å². The second-order valence-corrected chi connectivity index (χ2v) is 10.6. The van der Waals surface area contributed by atoms with E-state index in [4.69, 9.17) is 19.3 Å². The molecule has 0 spiro atoms. The van der Waals surface area contributed by atoms with Crippen LogP contribution in [0.1, 0.15) is 35.7 Å². The molecule has 0 atom stereocenters. The summed E-state index contributed by atoms with van der Waals surface area (Å²) in [6.07, 6.45) is 1.62. The van der Waals surface area contributed by atoms with Gasteiger partial charge in [0.15, 0.2) is 12.4 Å². The van der Waals surface area contributed by atoms with Crippen molar-refractivity contribution in [3.8, 4) is 11.5 Å². The molecule has 12 heteroatoms. The molecule has 3 rings (SSSR count). The molecule has 41 heavy (non-hydrogen) atoms. The smallest absolute Gasteiger partial charge is 0.338 e. The maximum absolute atomic E-state index is 12.9. The van der Waals surface area contributed by atoms with E-state index in [0.29, 0.717) is 12.3 Å². The third-order valence-corrected chi connectivity index (χ3v) is 6.68. The predicted molar refractivity (Wildman–Crippen MR) is 152 cm³/mol. The van der Waals surface area contributed by atoms with Crippen LogP contribution in [0.5, 0.6) is 11.5 Å². The first-order valence-electron chi connectivity index (χ1n) is 12.9. The van der Waals surface area contributed by atoms with Crippen LogP contribution in [0.4, 0.5) is 5.69 Å². The minimum Gasteiger partial charge on any atom is -0.459 e. The van der Waals surface area contributed by atoms with Crippen molar-refractivity contribution in [2.75, 3.05) is 32.1 Å². The summed E-state index contributed by atoms with van der Waals surface area (Å²) in [4.78, 5) is 38.2. The molecule has 3 N–H and O–H groups in total. The topological polar surface area (TPSA) is 154 Å². The first-order valence-corrected chi connectivity index (χ1v) is 14.4. The number of esters is 2. The van der Waals surface area contributed by atoms with Crippen LogP contribution in [0, 0.1) is 0 Å². The Bertz CT molecular complexity index is 1450. The molecule has 0 aromatic heterocycles. The summed E-state index contributed by atoms with van der Waals surface area (Å²) in [5, 5.41) is 8.57. The van der Waals surface area contributed by atoms with Crippen molar-refractivity contribution in [3.63, 3.8) is 0 Å². The van der Waals surface area contributed by atoms with Gasteiger partial charge in [0.05, 0.1) is 11.3 Å². The third-order valence-electron chi connectivity index (χ3n) is 5.77. The zero-order valence-electron chi connectivity index (χ0n) is 22.9. The summed E-state index contributed by atoms with van der Waals surface area (Å²) < 4.78 is 41.2. The number of nitrogens with zero attached hydrogens (tertiary/aromatic N) is 1. The van der Waals surface area contributed by atoms with Gasteiger partial charge in [0.25, 0.3) is 5.91 Å². The van der Waals surface area contributed by atoms with Gasteiger partial charge in [-0.1, -0.05) is 61.9 Å². The minimum absolute atomic E-state index is 0.0572. The number of hydrogen-bond acceptors (Lipinski definition) is 9. The molecular formula is C29H33N3O8S. The molecule has 0 radical (unpaired) electrons. The van der Waals surface area contributed by atoms with E-state index in [1.54, 1.807) is 42.5 Å². The summed E-state index contributed by atoms with van der Waals surface area (Å²) in [6, 6.07) is 20.0. The minimum atomic E-state index is -4.35. The van der Waals surface area contributed by atoms with Crippen LogP contribution >= 0.6 is 0 Å². The average Bonchev–Trinajstić information content (AvgIpc) is 2.95. The number of anilines is 1. The van der Waals surface area contributed by atoms with E-state index in [1.165, 1.54) is 13.1 Å². The SMILES string of the molecule is CCCCNc1cc(C(=O)OCC(=O)N(C)CC(=O)OCc2ccccc2)cc(S(N)(=O)=O)c1Oc1ccccc1. The molecule has 0 unspecified atom stereocenters. The van der Waals surface area contributed by atoms with Crippen LogP contribution in [0.25, 0.3) is 0 Å². The molecule has 0 aliphatic carbocycles. The first kappa shape index (κ1) is 31.1. The fraction of sp³-hybridized carbons (Fsp3) is 0.276. The Morgan fingerprint density at radius 1 is 0.951 bits per heavy atom. The monoisotopic (exact) mass is 583 g/mol. The summed E-state index contributed by atoms with van der Waals surface area (Å²) in [6.45, 7) is 1.47. The fourth-order valence-electron chi connectivity index (χ4n) is 3.56. The molecule has 0 saturated heterocycles. The van der Waals surface area contributed by atoms with Crippen LogP contribution in [0.3, 0.4) is 0 Å². The molecule has 1 amide bonds. The van der Waals surface area contributed by atoms with Crippen LogP contribution < -0.4 is 15.2 Å². The predicted octanol–water partition coefficient (Wildman–Crippen LogP) is 3.70. The van der Waals surface area contributed by atoms with Gasteiger partial charge in [-0.3, -0.25) is 9.59 Å². The van der Waals surface area contributed by atoms with E-state index in [2.05, 4.69) is 5.32 Å². The van der Waals surface area contributed by atoms with Gasteiger partial charge < -0.3 is 24.4 Å². The van der Waals surface area contributed by atoms with E-state index >= 15 is 0 Å². The largest absolute Gasteiger partial charge is 0.459 e. The highest BCUT2D eigenvalue weighted by Gasteiger charge is 2.25. The standard InChI is InChI=1S/C29H33N3O8S/c1-3-4-15-31-24-16-22(17-25(41(30,36)37)28(24)40-23-13-9-6-10-14-23)29(35)39-20-26(33)32(2)18-27(34)38-19-21-11-7-5-8-12-21/h5-14,16-17,31H,3-4,15,18-20H2,1-2H3,(H2,30,36,37). The summed E-state index contributed by atoms with van der Waals surface area (Å²) in [5.74, 6) is -1.97. The lowest BCUT2D eigenvalue weighted by molar-refractivity contribution is -0.150. The van der Waals surface area contributed by atoms with Crippen LogP contribution in [0.2, 0.25) is 0 Å². The number of amides is 1. The molecular weight excluding hydrogens is 550 g/mol. The number of benzene rings is 3. The van der Waals surface area contributed by atoms with Gasteiger partial charge >= 0.3 is 11.9 Å². The van der Waals surface area contributed by atoms with Gasteiger partial charge in [0, 0.05) is 13.6 Å². The number of carbonyl (C=O) groups is 3. The highest BCUT2D eigenvalue weighted by Crippen LogP contribution is 2.37. The molecule has 0 saturated carbocycles. The number of nitrogens with two attached hydrogens (primary N) is 1. The Hall–Kier alpha value is -4.42. The second-order valence-electron chi connectivity index (χ2n) is 9.06. The third kappa shape index (κ3) is 9.62. The quantitative estimate of drug-likeness (QED) is 0.214. The van der Waals surface area contributed by atoms with E-state index < -0.39 is 39.4 Å². The number of unbranched alkanes of at least 4 members (excludes halogenated alkanes) is 1. The number of para-hydroxylation sites is 1. The van der Waals surface area contributed by atoms with E-state index in [0.717, 1.165) is 29.4 Å². The molecule has 0 fully saturated rings. The Morgan fingerprint density at radius 3 is 2.24 bits per heavy atom. The molecule has 3 aromatic carbocycles. The Balaban J connectivity index is 1.72. The zero-order valence-corrected chi connectivity index (χ0v) is 23.7. The number of rotatable bonds is 14. The van der Waals surface area contributed by atoms with Gasteiger partial charge in [-0.05, 0) is 36.2 Å². The molecule has 11 nitrogen and oxygen atoms in total. The normalized spacial score (nSPS) is 10.9. The first-order chi connectivity index (χ1) is 19.6. The fourth-order valence-corrected chi connectivity index (χ4v) is 4.26. The summed E-state index contributed by atoms with van der Waals surface area (Å²) >= 11 is 0. The molecule has 0 heterocycles. The molecule has 0 bridgehead atoms. The molecule has 3 aromatic rings. The number of sulfonamides is 1. The molecule has 0 aliphatic heterocycles. The maximum Gasteiger partial charge on any atom is 0.338 e. The Kier molecular flexibility index (Phi) is 11.2. The van der Waals surface area contributed by atoms with Crippen molar-refractivity contribution in [2.24, 2.45) is 5.14 Å². The number of hydrogen-bond donors (Lipinski definition) is 2. The number of likely N-dealkylation sites (N-methyl/N-ethyl adjacent to an activating group) is 1. The van der Waals surface area contributed by atoms with Crippen molar-refractivity contribution in [3.05, 3.63) is 83.9 Å². The van der Waals surface area contributed by atoms with Crippen LogP contribution in [-0.4, -0.2) is 57.9 Å². The van der Waals surface area contributed by atoms with Gasteiger partial charge in [-0.15, -0.1) is 0 Å². The van der Waals surface area contributed by atoms with E-state index in [1.807, 2.05) is 25.1 Å². The number of primary sulfonamides is 1. The lowest BCUT2D eigenvalue weighted by atomic mass is 10.1. The lowest BCUT2D eigenvalue weighted by Crippen LogP contribution is -2.36. The van der Waals surface area contributed by atoms with Crippen LogP contribution in [0.15, 0.2) is 77.7 Å². The van der Waals surface area contributed by atoms with Gasteiger partial charge in [-0.25, -0.2) is 18.4 Å².